The largest absolute Gasteiger partial charge is 0.507 e. The van der Waals surface area contributed by atoms with Gasteiger partial charge in [-0.2, -0.15) is 0 Å². The first-order chi connectivity index (χ1) is 10.9. The molecule has 122 valence electrons. The lowest BCUT2D eigenvalue weighted by molar-refractivity contribution is 0.344. The van der Waals surface area contributed by atoms with Gasteiger partial charge in [0.05, 0.1) is 13.4 Å². The summed E-state index contributed by atoms with van der Waals surface area (Å²) in [5.41, 5.74) is 2.30. The Labute approximate surface area is 161 Å². The number of hydrogen-bond donors (Lipinski definition) is 2. The first-order valence-corrected chi connectivity index (χ1v) is 9.99. The van der Waals surface area contributed by atoms with Crippen molar-refractivity contribution in [3.63, 3.8) is 0 Å². The van der Waals surface area contributed by atoms with Gasteiger partial charge in [0, 0.05) is 5.41 Å². The molecule has 1 aliphatic rings. The molecule has 2 N–H and O–H groups in total. The van der Waals surface area contributed by atoms with Gasteiger partial charge in [-0.05, 0) is 96.0 Å². The fraction of sp³-hybridized carbons (Fsp3) is 0.333. The molecule has 2 nitrogen and oxygen atoms in total. The summed E-state index contributed by atoms with van der Waals surface area (Å²) in [7, 11) is 0. The molecular weight excluding hydrogens is 488 g/mol. The van der Waals surface area contributed by atoms with Crippen LogP contribution in [0.25, 0.3) is 0 Å². The zero-order valence-corrected chi connectivity index (χ0v) is 17.2. The summed E-state index contributed by atoms with van der Waals surface area (Å²) in [5, 5.41) is 19.9. The quantitative estimate of drug-likeness (QED) is 0.481. The fourth-order valence-corrected chi connectivity index (χ4v) is 5.11. The van der Waals surface area contributed by atoms with Crippen LogP contribution in [0.5, 0.6) is 11.5 Å². The molecule has 0 aromatic heterocycles. The summed E-state index contributed by atoms with van der Waals surface area (Å²) in [6.45, 7) is 0. The van der Waals surface area contributed by atoms with Crippen LogP contribution >= 0.6 is 47.8 Å². The Kier molecular flexibility index (Phi) is 5.09. The molecule has 3 rings (SSSR count). The number of halogens is 3. The van der Waals surface area contributed by atoms with Gasteiger partial charge in [0.15, 0.2) is 0 Å². The smallest absolute Gasteiger partial charge is 0.143 e. The lowest BCUT2D eigenvalue weighted by Crippen LogP contribution is -2.30. The summed E-state index contributed by atoms with van der Waals surface area (Å²) in [6, 6.07) is 9.83. The Bertz CT molecular complexity index is 714. The lowest BCUT2D eigenvalue weighted by atomic mass is 9.65. The molecule has 0 radical (unpaired) electrons. The minimum absolute atomic E-state index is 0.0901. The van der Waals surface area contributed by atoms with Crippen LogP contribution in [-0.4, -0.2) is 10.2 Å². The minimum atomic E-state index is -0.0901. The van der Waals surface area contributed by atoms with Crippen molar-refractivity contribution in [1.29, 1.82) is 0 Å². The van der Waals surface area contributed by atoms with E-state index in [1.165, 1.54) is 30.4 Å². The Hall–Kier alpha value is -0.520. The molecule has 0 aliphatic heterocycles. The summed E-state index contributed by atoms with van der Waals surface area (Å²) < 4.78 is 2.12. The molecule has 0 saturated heterocycles. The van der Waals surface area contributed by atoms with E-state index in [-0.39, 0.29) is 16.9 Å². The van der Waals surface area contributed by atoms with Gasteiger partial charge in [-0.15, -0.1) is 0 Å². The first kappa shape index (κ1) is 17.3. The van der Waals surface area contributed by atoms with Gasteiger partial charge in [0.25, 0.3) is 0 Å². The van der Waals surface area contributed by atoms with Crippen LogP contribution in [0.3, 0.4) is 0 Å². The minimum Gasteiger partial charge on any atom is -0.507 e. The Morgan fingerprint density at radius 1 is 0.739 bits per heavy atom. The van der Waals surface area contributed by atoms with E-state index in [0.29, 0.717) is 8.95 Å². The highest BCUT2D eigenvalue weighted by Gasteiger charge is 2.36. The Balaban J connectivity index is 2.19. The van der Waals surface area contributed by atoms with E-state index in [2.05, 4.69) is 47.8 Å². The molecular formula is C18H17Br3O2. The van der Waals surface area contributed by atoms with Crippen molar-refractivity contribution >= 4 is 47.8 Å². The van der Waals surface area contributed by atoms with Crippen molar-refractivity contribution in [2.45, 2.75) is 37.5 Å². The molecule has 2 aromatic rings. The van der Waals surface area contributed by atoms with Crippen molar-refractivity contribution in [3.8, 4) is 11.5 Å². The zero-order valence-electron chi connectivity index (χ0n) is 12.5. The second kappa shape index (κ2) is 6.77. The fourth-order valence-electron chi connectivity index (χ4n) is 3.55. The molecule has 23 heavy (non-hydrogen) atoms. The van der Waals surface area contributed by atoms with Crippen LogP contribution in [0.15, 0.2) is 43.7 Å². The number of rotatable bonds is 2. The third-order valence-corrected chi connectivity index (χ3v) is 6.62. The predicted octanol–water partition coefficient (Wildman–Crippen LogP) is 6.64. The molecule has 2 aromatic carbocycles. The van der Waals surface area contributed by atoms with Gasteiger partial charge in [-0.3, -0.25) is 0 Å². The molecule has 1 aliphatic carbocycles. The second-order valence-electron chi connectivity index (χ2n) is 6.10. The number of hydrogen-bond acceptors (Lipinski definition) is 2. The normalized spacial score (nSPS) is 17.2. The SMILES string of the molecule is Oc1ccc(C2(c3cc(Br)c(O)c(Br)c3)CCCCC2)cc1Br. The molecule has 5 heteroatoms. The van der Waals surface area contributed by atoms with Crippen molar-refractivity contribution in [1.82, 2.24) is 0 Å². The van der Waals surface area contributed by atoms with Crippen molar-refractivity contribution in [2.24, 2.45) is 0 Å². The molecule has 0 atom stereocenters. The Morgan fingerprint density at radius 2 is 1.30 bits per heavy atom. The van der Waals surface area contributed by atoms with E-state index in [9.17, 15) is 10.2 Å². The maximum atomic E-state index is 10.0. The third kappa shape index (κ3) is 3.20. The lowest BCUT2D eigenvalue weighted by Gasteiger charge is -2.39. The van der Waals surface area contributed by atoms with Crippen LogP contribution in [0, 0.1) is 0 Å². The molecule has 0 spiro atoms. The molecule has 1 fully saturated rings. The van der Waals surface area contributed by atoms with Crippen molar-refractivity contribution in [2.75, 3.05) is 0 Å². The molecule has 0 unspecified atom stereocenters. The number of benzene rings is 2. The average molecular weight is 505 g/mol. The first-order valence-electron chi connectivity index (χ1n) is 7.61. The number of phenols is 2. The predicted molar refractivity (Wildman–Crippen MR) is 103 cm³/mol. The van der Waals surface area contributed by atoms with Gasteiger partial charge < -0.3 is 10.2 Å². The highest BCUT2D eigenvalue weighted by Crippen LogP contribution is 2.48. The van der Waals surface area contributed by atoms with Gasteiger partial charge in [0.1, 0.15) is 11.5 Å². The average Bonchev–Trinajstić information content (AvgIpc) is 2.55. The molecule has 0 heterocycles. The second-order valence-corrected chi connectivity index (χ2v) is 8.66. The number of aromatic hydroxyl groups is 2. The number of phenolic OH excluding ortho intramolecular Hbond substituents is 2. The van der Waals surface area contributed by atoms with Crippen molar-refractivity contribution < 1.29 is 10.2 Å². The van der Waals surface area contributed by atoms with E-state index in [1.807, 2.05) is 24.3 Å². The topological polar surface area (TPSA) is 40.5 Å². The maximum Gasteiger partial charge on any atom is 0.143 e. The van der Waals surface area contributed by atoms with Crippen LogP contribution in [0.1, 0.15) is 43.2 Å². The molecule has 1 saturated carbocycles. The monoisotopic (exact) mass is 502 g/mol. The van der Waals surface area contributed by atoms with Gasteiger partial charge in [-0.25, -0.2) is 0 Å². The van der Waals surface area contributed by atoms with E-state index >= 15 is 0 Å². The van der Waals surface area contributed by atoms with Crippen molar-refractivity contribution in [3.05, 3.63) is 54.9 Å². The van der Waals surface area contributed by atoms with E-state index < -0.39 is 0 Å². The standard InChI is InChI=1S/C18H17Br3O2/c19-13-8-11(4-5-16(13)22)18(6-2-1-3-7-18)12-9-14(20)17(23)15(21)10-12/h4-5,8-10,22-23H,1-3,6-7H2. The van der Waals surface area contributed by atoms with E-state index in [1.54, 1.807) is 6.07 Å². The van der Waals surface area contributed by atoms with Crippen LogP contribution < -0.4 is 0 Å². The van der Waals surface area contributed by atoms with Gasteiger partial charge in [-0.1, -0.05) is 25.3 Å². The summed E-state index contributed by atoms with van der Waals surface area (Å²) in [5.74, 6) is 0.486. The highest BCUT2D eigenvalue weighted by molar-refractivity contribution is 9.11. The molecule has 0 amide bonds. The van der Waals surface area contributed by atoms with Crippen LogP contribution in [0.4, 0.5) is 0 Å². The zero-order chi connectivity index (χ0) is 16.6. The molecule has 0 bridgehead atoms. The summed E-state index contributed by atoms with van der Waals surface area (Å²) in [6.07, 6.45) is 5.73. The maximum absolute atomic E-state index is 10.0. The van der Waals surface area contributed by atoms with Gasteiger partial charge >= 0.3 is 0 Å². The highest BCUT2D eigenvalue weighted by atomic mass is 79.9. The van der Waals surface area contributed by atoms with Crippen LogP contribution in [-0.2, 0) is 5.41 Å². The summed E-state index contributed by atoms with van der Waals surface area (Å²) >= 11 is 10.4. The van der Waals surface area contributed by atoms with E-state index in [4.69, 9.17) is 0 Å². The van der Waals surface area contributed by atoms with E-state index in [0.717, 1.165) is 17.3 Å². The Morgan fingerprint density at radius 3 is 1.87 bits per heavy atom. The van der Waals surface area contributed by atoms with Gasteiger partial charge in [0.2, 0.25) is 0 Å². The van der Waals surface area contributed by atoms with Crippen LogP contribution in [0.2, 0.25) is 0 Å². The summed E-state index contributed by atoms with van der Waals surface area (Å²) in [4.78, 5) is 0. The third-order valence-electron chi connectivity index (χ3n) is 4.78.